The van der Waals surface area contributed by atoms with Crippen LogP contribution in [0.2, 0.25) is 0 Å². The fraction of sp³-hybridized carbons (Fsp3) is 0.571. The van der Waals surface area contributed by atoms with Crippen LogP contribution >= 0.6 is 0 Å². The normalized spacial score (nSPS) is 16.6. The van der Waals surface area contributed by atoms with Crippen LogP contribution < -0.4 is 4.74 Å². The van der Waals surface area contributed by atoms with Crippen molar-refractivity contribution in [2.75, 3.05) is 14.2 Å². The maximum absolute atomic E-state index is 9.73. The van der Waals surface area contributed by atoms with E-state index in [2.05, 4.69) is 11.9 Å². The predicted molar refractivity (Wildman–Crippen MR) is 68.4 cm³/mol. The van der Waals surface area contributed by atoms with E-state index in [1.807, 2.05) is 12.1 Å². The molecule has 0 saturated heterocycles. The highest BCUT2D eigenvalue weighted by molar-refractivity contribution is 5.41. The van der Waals surface area contributed by atoms with Crippen molar-refractivity contribution in [1.29, 1.82) is 0 Å². The highest BCUT2D eigenvalue weighted by Crippen LogP contribution is 2.28. The van der Waals surface area contributed by atoms with Crippen LogP contribution in [0.3, 0.4) is 0 Å². The molecular weight excluding hydrogens is 214 g/mol. The smallest absolute Gasteiger partial charge is 0.160 e. The maximum Gasteiger partial charge on any atom is 0.160 e. The second-order valence-electron chi connectivity index (χ2n) is 4.86. The van der Waals surface area contributed by atoms with E-state index in [4.69, 9.17) is 4.74 Å². The number of phenols is 1. The highest BCUT2D eigenvalue weighted by atomic mass is 16.5. The third kappa shape index (κ3) is 2.91. The van der Waals surface area contributed by atoms with Crippen molar-refractivity contribution in [3.8, 4) is 11.5 Å². The second-order valence-corrected chi connectivity index (χ2v) is 4.86. The topological polar surface area (TPSA) is 32.7 Å². The molecule has 0 amide bonds. The molecule has 3 heteroatoms. The number of rotatable bonds is 4. The Morgan fingerprint density at radius 1 is 1.35 bits per heavy atom. The molecule has 0 bridgehead atoms. The summed E-state index contributed by atoms with van der Waals surface area (Å²) in [6.07, 6.45) is 5.31. The summed E-state index contributed by atoms with van der Waals surface area (Å²) in [7, 11) is 3.73. The SMILES string of the molecule is COc1ccc(CN(C)C2CCCC2)cc1O. The number of aromatic hydroxyl groups is 1. The lowest BCUT2D eigenvalue weighted by Crippen LogP contribution is -2.28. The molecule has 0 heterocycles. The molecule has 2 rings (SSSR count). The zero-order valence-corrected chi connectivity index (χ0v) is 10.6. The molecule has 0 spiro atoms. The first kappa shape index (κ1) is 12.2. The van der Waals surface area contributed by atoms with Crippen LogP contribution in [0.1, 0.15) is 31.2 Å². The first-order chi connectivity index (χ1) is 8.20. The zero-order chi connectivity index (χ0) is 12.3. The largest absolute Gasteiger partial charge is 0.504 e. The number of hydrogen-bond donors (Lipinski definition) is 1. The van der Waals surface area contributed by atoms with E-state index in [9.17, 15) is 5.11 Å². The molecule has 0 unspecified atom stereocenters. The van der Waals surface area contributed by atoms with Crippen molar-refractivity contribution in [3.05, 3.63) is 23.8 Å². The van der Waals surface area contributed by atoms with Crippen molar-refractivity contribution >= 4 is 0 Å². The first-order valence-corrected chi connectivity index (χ1v) is 6.27. The summed E-state index contributed by atoms with van der Waals surface area (Å²) in [6.45, 7) is 0.891. The molecule has 1 aliphatic carbocycles. The molecule has 1 aromatic carbocycles. The zero-order valence-electron chi connectivity index (χ0n) is 10.6. The monoisotopic (exact) mass is 235 g/mol. The van der Waals surface area contributed by atoms with E-state index in [-0.39, 0.29) is 5.75 Å². The lowest BCUT2D eigenvalue weighted by atomic mass is 10.1. The van der Waals surface area contributed by atoms with Gasteiger partial charge in [-0.15, -0.1) is 0 Å². The van der Waals surface area contributed by atoms with E-state index in [0.717, 1.165) is 12.1 Å². The first-order valence-electron chi connectivity index (χ1n) is 6.27. The highest BCUT2D eigenvalue weighted by Gasteiger charge is 2.19. The lowest BCUT2D eigenvalue weighted by Gasteiger charge is -2.24. The van der Waals surface area contributed by atoms with E-state index in [1.165, 1.54) is 25.7 Å². The summed E-state index contributed by atoms with van der Waals surface area (Å²) in [5.41, 5.74) is 1.14. The van der Waals surface area contributed by atoms with Gasteiger partial charge in [0.2, 0.25) is 0 Å². The van der Waals surface area contributed by atoms with Gasteiger partial charge in [0.1, 0.15) is 0 Å². The fourth-order valence-electron chi connectivity index (χ4n) is 2.60. The molecule has 0 radical (unpaired) electrons. The second kappa shape index (κ2) is 5.41. The average molecular weight is 235 g/mol. The summed E-state index contributed by atoms with van der Waals surface area (Å²) in [5, 5.41) is 9.73. The van der Waals surface area contributed by atoms with Crippen LogP contribution in [0, 0.1) is 0 Å². The standard InChI is InChI=1S/C14H21NO2/c1-15(12-5-3-4-6-12)10-11-7-8-14(17-2)13(16)9-11/h7-9,12,16H,3-6,10H2,1-2H3. The third-order valence-corrected chi connectivity index (χ3v) is 3.62. The van der Waals surface area contributed by atoms with Gasteiger partial charge in [-0.1, -0.05) is 18.9 Å². The van der Waals surface area contributed by atoms with Crippen LogP contribution in [-0.4, -0.2) is 30.2 Å². The quantitative estimate of drug-likeness (QED) is 0.871. The maximum atomic E-state index is 9.73. The minimum atomic E-state index is 0.227. The number of benzene rings is 1. The van der Waals surface area contributed by atoms with Gasteiger partial charge < -0.3 is 9.84 Å². The van der Waals surface area contributed by atoms with E-state index in [1.54, 1.807) is 13.2 Å². The number of nitrogens with zero attached hydrogens (tertiary/aromatic N) is 1. The molecule has 0 aromatic heterocycles. The van der Waals surface area contributed by atoms with Crippen LogP contribution in [0.5, 0.6) is 11.5 Å². The minimum absolute atomic E-state index is 0.227. The van der Waals surface area contributed by atoms with Gasteiger partial charge in [-0.25, -0.2) is 0 Å². The lowest BCUT2D eigenvalue weighted by molar-refractivity contribution is 0.237. The van der Waals surface area contributed by atoms with E-state index >= 15 is 0 Å². The molecule has 1 saturated carbocycles. The Balaban J connectivity index is 2.00. The van der Waals surface area contributed by atoms with Crippen molar-refractivity contribution in [1.82, 2.24) is 4.90 Å². The van der Waals surface area contributed by atoms with Crippen LogP contribution in [0.4, 0.5) is 0 Å². The summed E-state index contributed by atoms with van der Waals surface area (Å²) < 4.78 is 5.04. The Kier molecular flexibility index (Phi) is 3.89. The fourth-order valence-corrected chi connectivity index (χ4v) is 2.60. The van der Waals surface area contributed by atoms with Crippen LogP contribution in [0.25, 0.3) is 0 Å². The number of hydrogen-bond acceptors (Lipinski definition) is 3. The van der Waals surface area contributed by atoms with Crippen molar-refractivity contribution < 1.29 is 9.84 Å². The molecule has 17 heavy (non-hydrogen) atoms. The van der Waals surface area contributed by atoms with E-state index < -0.39 is 0 Å². The summed E-state index contributed by atoms with van der Waals surface area (Å²) in [6, 6.07) is 6.35. The van der Waals surface area contributed by atoms with Gasteiger partial charge in [0.05, 0.1) is 7.11 Å². The van der Waals surface area contributed by atoms with Gasteiger partial charge >= 0.3 is 0 Å². The minimum Gasteiger partial charge on any atom is -0.504 e. The van der Waals surface area contributed by atoms with Gasteiger partial charge in [-0.3, -0.25) is 4.90 Å². The summed E-state index contributed by atoms with van der Waals surface area (Å²) in [4.78, 5) is 2.38. The molecular formula is C14H21NO2. The van der Waals surface area contributed by atoms with Gasteiger partial charge in [0.25, 0.3) is 0 Å². The Bertz CT molecular complexity index is 372. The van der Waals surface area contributed by atoms with Gasteiger partial charge in [0.15, 0.2) is 11.5 Å². The number of methoxy groups -OCH3 is 1. The Morgan fingerprint density at radius 2 is 2.06 bits per heavy atom. The Hall–Kier alpha value is -1.22. The van der Waals surface area contributed by atoms with Gasteiger partial charge in [0, 0.05) is 12.6 Å². The number of phenolic OH excluding ortho intramolecular Hbond substituents is 1. The molecule has 3 nitrogen and oxygen atoms in total. The molecule has 1 aromatic rings. The summed E-state index contributed by atoms with van der Waals surface area (Å²) in [5.74, 6) is 0.766. The third-order valence-electron chi connectivity index (χ3n) is 3.62. The van der Waals surface area contributed by atoms with Crippen molar-refractivity contribution in [3.63, 3.8) is 0 Å². The molecule has 1 N–H and O–H groups in total. The molecule has 1 aliphatic rings. The Labute approximate surface area is 103 Å². The van der Waals surface area contributed by atoms with Crippen LogP contribution in [0.15, 0.2) is 18.2 Å². The average Bonchev–Trinajstić information content (AvgIpc) is 2.82. The van der Waals surface area contributed by atoms with Gasteiger partial charge in [-0.2, -0.15) is 0 Å². The van der Waals surface area contributed by atoms with E-state index in [0.29, 0.717) is 11.8 Å². The van der Waals surface area contributed by atoms with Crippen LogP contribution in [-0.2, 0) is 6.54 Å². The molecule has 0 atom stereocenters. The Morgan fingerprint density at radius 3 is 2.65 bits per heavy atom. The predicted octanol–water partition coefficient (Wildman–Crippen LogP) is 2.78. The van der Waals surface area contributed by atoms with Crippen molar-refractivity contribution in [2.45, 2.75) is 38.3 Å². The molecule has 94 valence electrons. The molecule has 1 fully saturated rings. The number of ether oxygens (including phenoxy) is 1. The van der Waals surface area contributed by atoms with Gasteiger partial charge in [-0.05, 0) is 37.6 Å². The molecule has 0 aliphatic heterocycles. The summed E-state index contributed by atoms with van der Waals surface area (Å²) >= 11 is 0. The van der Waals surface area contributed by atoms with Crippen molar-refractivity contribution in [2.24, 2.45) is 0 Å².